The zero-order valence-electron chi connectivity index (χ0n) is 16.6. The molecule has 1 saturated heterocycles. The second kappa shape index (κ2) is 8.34. The second-order valence-corrected chi connectivity index (χ2v) is 7.13. The van der Waals surface area contributed by atoms with E-state index in [2.05, 4.69) is 16.0 Å². The lowest BCUT2D eigenvalue weighted by molar-refractivity contribution is -0.130. The molecule has 0 bridgehead atoms. The summed E-state index contributed by atoms with van der Waals surface area (Å²) >= 11 is 0. The van der Waals surface area contributed by atoms with Gasteiger partial charge in [0.15, 0.2) is 11.5 Å². The number of urea groups is 1. The van der Waals surface area contributed by atoms with E-state index in [9.17, 15) is 19.2 Å². The summed E-state index contributed by atoms with van der Waals surface area (Å²) in [6.07, 6.45) is -0.216. The van der Waals surface area contributed by atoms with Gasteiger partial charge in [0.25, 0.3) is 5.91 Å². The number of ether oxygens (including phenoxy) is 2. The summed E-state index contributed by atoms with van der Waals surface area (Å²) in [5, 5.41) is 7.84. The Labute approximate surface area is 177 Å². The molecule has 1 fully saturated rings. The third kappa shape index (κ3) is 4.58. The van der Waals surface area contributed by atoms with Crippen molar-refractivity contribution in [1.82, 2.24) is 10.2 Å². The van der Waals surface area contributed by atoms with Gasteiger partial charge in [0.2, 0.25) is 18.6 Å². The van der Waals surface area contributed by atoms with Gasteiger partial charge in [-0.25, -0.2) is 4.79 Å². The fraction of sp³-hybridized carbons (Fsp3) is 0.238. The van der Waals surface area contributed by atoms with Crippen LogP contribution in [0.1, 0.15) is 18.9 Å². The number of nitrogens with zero attached hydrogens (tertiary/aromatic N) is 1. The molecular weight excluding hydrogens is 404 g/mol. The Morgan fingerprint density at radius 2 is 1.81 bits per heavy atom. The minimum Gasteiger partial charge on any atom is -0.454 e. The molecule has 0 aromatic heterocycles. The number of fused-ring (bicyclic) bond motifs is 1. The van der Waals surface area contributed by atoms with Crippen molar-refractivity contribution in [3.8, 4) is 11.5 Å². The standard InChI is InChI=1S/C21H20N4O6/c1-12(26)22-14-3-2-4-15(8-14)23-19(27)9-16-20(28)25(21(29)24-16)10-13-5-6-17-18(7-13)31-11-30-17/h2-8,16H,9-11H2,1H3,(H,22,26)(H,23,27)(H,24,29)/t16-/m0/s1. The van der Waals surface area contributed by atoms with E-state index in [0.717, 1.165) is 4.90 Å². The van der Waals surface area contributed by atoms with Gasteiger partial charge in [-0.15, -0.1) is 0 Å². The molecule has 31 heavy (non-hydrogen) atoms. The predicted octanol–water partition coefficient (Wildman–Crippen LogP) is 1.82. The Hall–Kier alpha value is -4.08. The van der Waals surface area contributed by atoms with Crippen LogP contribution in [0.2, 0.25) is 0 Å². The fourth-order valence-corrected chi connectivity index (χ4v) is 3.36. The van der Waals surface area contributed by atoms with E-state index >= 15 is 0 Å². The number of carbonyl (C=O) groups excluding carboxylic acids is 4. The van der Waals surface area contributed by atoms with Crippen LogP contribution in [0.25, 0.3) is 0 Å². The van der Waals surface area contributed by atoms with Crippen LogP contribution in [0.3, 0.4) is 0 Å². The normalized spacial score (nSPS) is 16.8. The summed E-state index contributed by atoms with van der Waals surface area (Å²) < 4.78 is 10.6. The molecule has 2 aromatic carbocycles. The van der Waals surface area contributed by atoms with Gasteiger partial charge >= 0.3 is 6.03 Å². The topological polar surface area (TPSA) is 126 Å². The Bertz CT molecular complexity index is 1070. The number of amides is 5. The molecule has 10 heteroatoms. The summed E-state index contributed by atoms with van der Waals surface area (Å²) in [7, 11) is 0. The SMILES string of the molecule is CC(=O)Nc1cccc(NC(=O)C[C@@H]2NC(=O)N(Cc3ccc4c(c3)OCO4)C2=O)c1. The number of anilines is 2. The number of hydrogen-bond acceptors (Lipinski definition) is 6. The summed E-state index contributed by atoms with van der Waals surface area (Å²) in [4.78, 5) is 49.6. The molecule has 0 aliphatic carbocycles. The molecule has 160 valence electrons. The molecule has 0 unspecified atom stereocenters. The first-order chi connectivity index (χ1) is 14.9. The van der Waals surface area contributed by atoms with Gasteiger partial charge in [-0.2, -0.15) is 0 Å². The van der Waals surface area contributed by atoms with Crippen molar-refractivity contribution in [3.05, 3.63) is 48.0 Å². The largest absolute Gasteiger partial charge is 0.454 e. The van der Waals surface area contributed by atoms with Gasteiger partial charge in [-0.3, -0.25) is 19.3 Å². The first-order valence-electron chi connectivity index (χ1n) is 9.57. The van der Waals surface area contributed by atoms with Crippen LogP contribution in [0.15, 0.2) is 42.5 Å². The molecule has 0 spiro atoms. The lowest BCUT2D eigenvalue weighted by Gasteiger charge is -2.13. The van der Waals surface area contributed by atoms with Gasteiger partial charge < -0.3 is 25.4 Å². The highest BCUT2D eigenvalue weighted by Gasteiger charge is 2.39. The molecule has 1 atom stereocenters. The fourth-order valence-electron chi connectivity index (χ4n) is 3.36. The third-order valence-corrected chi connectivity index (χ3v) is 4.74. The molecule has 2 aliphatic rings. The minimum atomic E-state index is -0.958. The van der Waals surface area contributed by atoms with E-state index in [0.29, 0.717) is 28.4 Å². The van der Waals surface area contributed by atoms with Crippen molar-refractivity contribution in [3.63, 3.8) is 0 Å². The molecule has 0 saturated carbocycles. The lowest BCUT2D eigenvalue weighted by Crippen LogP contribution is -2.34. The van der Waals surface area contributed by atoms with Crippen LogP contribution in [-0.4, -0.2) is 41.5 Å². The highest BCUT2D eigenvalue weighted by Crippen LogP contribution is 2.33. The molecule has 0 radical (unpaired) electrons. The number of rotatable bonds is 6. The van der Waals surface area contributed by atoms with Crippen LogP contribution in [0, 0.1) is 0 Å². The van der Waals surface area contributed by atoms with Gasteiger partial charge in [0.05, 0.1) is 13.0 Å². The molecule has 4 rings (SSSR count). The summed E-state index contributed by atoms with van der Waals surface area (Å²) in [5.41, 5.74) is 1.70. The van der Waals surface area contributed by atoms with E-state index in [1.54, 1.807) is 42.5 Å². The zero-order chi connectivity index (χ0) is 22.0. The zero-order valence-corrected chi connectivity index (χ0v) is 16.6. The molecule has 2 heterocycles. The molecule has 2 aliphatic heterocycles. The van der Waals surface area contributed by atoms with Crippen molar-refractivity contribution in [2.75, 3.05) is 17.4 Å². The number of imide groups is 1. The Balaban J connectivity index is 1.36. The van der Waals surface area contributed by atoms with Gasteiger partial charge in [-0.05, 0) is 35.9 Å². The van der Waals surface area contributed by atoms with Gasteiger partial charge in [0, 0.05) is 18.3 Å². The van der Waals surface area contributed by atoms with Crippen molar-refractivity contribution >= 4 is 35.1 Å². The average molecular weight is 424 g/mol. The van der Waals surface area contributed by atoms with E-state index in [1.165, 1.54) is 6.92 Å². The highest BCUT2D eigenvalue weighted by atomic mass is 16.7. The quantitative estimate of drug-likeness (QED) is 0.608. The predicted molar refractivity (Wildman–Crippen MR) is 109 cm³/mol. The van der Waals surface area contributed by atoms with Crippen LogP contribution in [-0.2, 0) is 20.9 Å². The van der Waals surface area contributed by atoms with E-state index < -0.39 is 23.9 Å². The van der Waals surface area contributed by atoms with E-state index in [4.69, 9.17) is 9.47 Å². The number of hydrogen-bond donors (Lipinski definition) is 3. The maximum Gasteiger partial charge on any atom is 0.325 e. The Kier molecular flexibility index (Phi) is 5.44. The van der Waals surface area contributed by atoms with Gasteiger partial charge in [0.1, 0.15) is 6.04 Å². The Morgan fingerprint density at radius 3 is 2.58 bits per heavy atom. The monoisotopic (exact) mass is 424 g/mol. The van der Waals surface area contributed by atoms with Crippen molar-refractivity contribution in [2.24, 2.45) is 0 Å². The van der Waals surface area contributed by atoms with Crippen LogP contribution < -0.4 is 25.4 Å². The minimum absolute atomic E-state index is 0.0538. The smallest absolute Gasteiger partial charge is 0.325 e. The summed E-state index contributed by atoms with van der Waals surface area (Å²) in [6, 6.07) is 10.3. The maximum atomic E-state index is 12.7. The summed E-state index contributed by atoms with van der Waals surface area (Å²) in [6.45, 7) is 1.57. The maximum absolute atomic E-state index is 12.7. The first-order valence-corrected chi connectivity index (χ1v) is 9.57. The average Bonchev–Trinajstić information content (AvgIpc) is 3.27. The Morgan fingerprint density at radius 1 is 1.06 bits per heavy atom. The first kappa shape index (κ1) is 20.2. The van der Waals surface area contributed by atoms with Gasteiger partial charge in [-0.1, -0.05) is 12.1 Å². The van der Waals surface area contributed by atoms with Crippen molar-refractivity contribution in [1.29, 1.82) is 0 Å². The third-order valence-electron chi connectivity index (χ3n) is 4.74. The van der Waals surface area contributed by atoms with Crippen molar-refractivity contribution in [2.45, 2.75) is 25.9 Å². The molecule has 5 amide bonds. The van der Waals surface area contributed by atoms with Crippen LogP contribution in [0.4, 0.5) is 16.2 Å². The van der Waals surface area contributed by atoms with Crippen molar-refractivity contribution < 1.29 is 28.7 Å². The lowest BCUT2D eigenvalue weighted by atomic mass is 10.1. The van der Waals surface area contributed by atoms with E-state index in [1.807, 2.05) is 0 Å². The van der Waals surface area contributed by atoms with Crippen LogP contribution >= 0.6 is 0 Å². The molecule has 3 N–H and O–H groups in total. The molecule has 2 aromatic rings. The molecule has 10 nitrogen and oxygen atoms in total. The second-order valence-electron chi connectivity index (χ2n) is 7.13. The summed E-state index contributed by atoms with van der Waals surface area (Å²) in [5.74, 6) is 0.0127. The highest BCUT2D eigenvalue weighted by molar-refractivity contribution is 6.07. The van der Waals surface area contributed by atoms with E-state index in [-0.39, 0.29) is 25.7 Å². The van der Waals surface area contributed by atoms with Crippen LogP contribution in [0.5, 0.6) is 11.5 Å². The number of benzene rings is 2. The number of carbonyl (C=O) groups is 4. The number of nitrogens with one attached hydrogen (secondary N) is 3. The molecular formula is C21H20N4O6.